The van der Waals surface area contributed by atoms with Crippen molar-refractivity contribution in [3.63, 3.8) is 0 Å². The summed E-state index contributed by atoms with van der Waals surface area (Å²) < 4.78 is 5.34. The maximum atomic E-state index is 13.0. The van der Waals surface area contributed by atoms with Gasteiger partial charge in [-0.15, -0.1) is 0 Å². The predicted octanol–water partition coefficient (Wildman–Crippen LogP) is 3.86. The lowest BCUT2D eigenvalue weighted by Gasteiger charge is -2.39. The molecule has 0 spiro atoms. The molecule has 0 bridgehead atoms. The molecule has 0 radical (unpaired) electrons. The second-order valence-corrected chi connectivity index (χ2v) is 7.66. The summed E-state index contributed by atoms with van der Waals surface area (Å²) in [5.74, 6) is 0.989. The van der Waals surface area contributed by atoms with Crippen LogP contribution >= 0.6 is 0 Å². The molecule has 1 saturated heterocycles. The summed E-state index contributed by atoms with van der Waals surface area (Å²) in [6.07, 6.45) is 1.99. The molecule has 0 aliphatic carbocycles. The van der Waals surface area contributed by atoms with Crippen molar-refractivity contribution < 1.29 is 9.53 Å². The van der Waals surface area contributed by atoms with Gasteiger partial charge in [0.05, 0.1) is 19.2 Å². The number of carbonyl (C=O) groups is 1. The third-order valence-electron chi connectivity index (χ3n) is 5.76. The Labute approximate surface area is 174 Å². The molecular weight excluding hydrogens is 362 g/mol. The largest absolute Gasteiger partial charge is 0.497 e. The Morgan fingerprint density at radius 2 is 1.79 bits per heavy atom. The van der Waals surface area contributed by atoms with E-state index < -0.39 is 0 Å². The second-order valence-electron chi connectivity index (χ2n) is 7.66. The number of piperazine rings is 1. The lowest BCUT2D eigenvalue weighted by atomic mass is 10.0. The molecule has 1 aliphatic rings. The number of hydrogen-bond acceptors (Lipinski definition) is 4. The number of benzene rings is 2. The zero-order chi connectivity index (χ0) is 20.6. The quantitative estimate of drug-likeness (QED) is 0.737. The average molecular weight is 396 g/mol. The number of carbonyl (C=O) groups excluding carboxylic acids is 1. The number of ether oxygens (including phenoxy) is 1. The zero-order valence-corrected chi connectivity index (χ0v) is 17.8. The van der Waals surface area contributed by atoms with Crippen molar-refractivity contribution in [3.05, 3.63) is 60.2 Å². The Bertz CT molecular complexity index is 773. The van der Waals surface area contributed by atoms with Gasteiger partial charge in [0, 0.05) is 37.9 Å². The fourth-order valence-corrected chi connectivity index (χ4v) is 3.93. The zero-order valence-electron chi connectivity index (χ0n) is 17.8. The number of hydrogen-bond donors (Lipinski definition) is 1. The summed E-state index contributed by atoms with van der Waals surface area (Å²) >= 11 is 0. The molecule has 5 nitrogen and oxygen atoms in total. The first-order valence-corrected chi connectivity index (χ1v) is 10.6. The third-order valence-corrected chi connectivity index (χ3v) is 5.76. The van der Waals surface area contributed by atoms with Gasteiger partial charge in [-0.05, 0) is 31.0 Å². The predicted molar refractivity (Wildman–Crippen MR) is 118 cm³/mol. The first-order chi connectivity index (χ1) is 14.1. The van der Waals surface area contributed by atoms with E-state index in [4.69, 9.17) is 4.74 Å². The van der Waals surface area contributed by atoms with E-state index in [1.165, 1.54) is 11.3 Å². The molecule has 1 fully saturated rings. The van der Waals surface area contributed by atoms with Crippen molar-refractivity contribution in [1.29, 1.82) is 0 Å². The Hall–Kier alpha value is -2.53. The van der Waals surface area contributed by atoms with E-state index in [2.05, 4.69) is 46.3 Å². The summed E-state index contributed by atoms with van der Waals surface area (Å²) in [6.45, 7) is 7.72. The highest BCUT2D eigenvalue weighted by Crippen LogP contribution is 2.23. The number of amides is 1. The van der Waals surface area contributed by atoms with Gasteiger partial charge in [-0.1, -0.05) is 49.7 Å². The van der Waals surface area contributed by atoms with Crippen molar-refractivity contribution in [1.82, 2.24) is 10.2 Å². The van der Waals surface area contributed by atoms with E-state index >= 15 is 0 Å². The summed E-state index contributed by atoms with van der Waals surface area (Å²) in [6, 6.07) is 18.4. The van der Waals surface area contributed by atoms with E-state index in [1.807, 2.05) is 37.3 Å². The number of anilines is 1. The topological polar surface area (TPSA) is 44.8 Å². The molecule has 29 heavy (non-hydrogen) atoms. The molecule has 1 amide bonds. The second kappa shape index (κ2) is 10.3. The van der Waals surface area contributed by atoms with E-state index in [1.54, 1.807) is 7.11 Å². The summed E-state index contributed by atoms with van der Waals surface area (Å²) in [5.41, 5.74) is 2.35. The summed E-state index contributed by atoms with van der Waals surface area (Å²) in [5, 5.41) is 3.28. The van der Waals surface area contributed by atoms with Gasteiger partial charge in [0.2, 0.25) is 5.91 Å². The van der Waals surface area contributed by atoms with Crippen LogP contribution in [-0.4, -0.2) is 50.1 Å². The fourth-order valence-electron chi connectivity index (χ4n) is 3.93. The molecule has 0 aromatic heterocycles. The number of nitrogens with one attached hydrogen (secondary N) is 1. The van der Waals surface area contributed by atoms with Gasteiger partial charge in [0.25, 0.3) is 0 Å². The highest BCUT2D eigenvalue weighted by molar-refractivity contribution is 5.81. The van der Waals surface area contributed by atoms with E-state index in [9.17, 15) is 4.79 Å². The van der Waals surface area contributed by atoms with E-state index in [0.29, 0.717) is 0 Å². The lowest BCUT2D eigenvalue weighted by Crippen LogP contribution is -2.54. The van der Waals surface area contributed by atoms with Gasteiger partial charge < -0.3 is 15.0 Å². The fraction of sp³-hybridized carbons (Fsp3) is 0.458. The first kappa shape index (κ1) is 21.2. The van der Waals surface area contributed by atoms with E-state index in [-0.39, 0.29) is 18.0 Å². The van der Waals surface area contributed by atoms with Crippen LogP contribution in [0.25, 0.3) is 0 Å². The first-order valence-electron chi connectivity index (χ1n) is 10.6. The Balaban J connectivity index is 1.56. The van der Waals surface area contributed by atoms with Crippen LogP contribution in [0.4, 0.5) is 5.69 Å². The normalized spacial score (nSPS) is 16.9. The van der Waals surface area contributed by atoms with Crippen molar-refractivity contribution in [2.45, 2.75) is 38.8 Å². The third kappa shape index (κ3) is 5.51. The summed E-state index contributed by atoms with van der Waals surface area (Å²) in [4.78, 5) is 17.6. The molecule has 1 aliphatic heterocycles. The number of rotatable bonds is 8. The molecule has 1 N–H and O–H groups in total. The van der Waals surface area contributed by atoms with Crippen LogP contribution in [0.3, 0.4) is 0 Å². The average Bonchev–Trinajstić information content (AvgIpc) is 2.79. The molecule has 1 heterocycles. The Kier molecular flexibility index (Phi) is 7.53. The van der Waals surface area contributed by atoms with Gasteiger partial charge in [-0.2, -0.15) is 0 Å². The van der Waals surface area contributed by atoms with E-state index in [0.717, 1.165) is 44.8 Å². The van der Waals surface area contributed by atoms with Crippen molar-refractivity contribution in [2.75, 3.05) is 38.2 Å². The molecule has 2 aromatic rings. The molecule has 2 atom stereocenters. The number of methoxy groups -OCH3 is 1. The smallest absolute Gasteiger partial charge is 0.237 e. The van der Waals surface area contributed by atoms with Gasteiger partial charge >= 0.3 is 0 Å². The minimum absolute atomic E-state index is 0.0780. The van der Waals surface area contributed by atoms with Gasteiger partial charge in [0.1, 0.15) is 5.75 Å². The van der Waals surface area contributed by atoms with Crippen molar-refractivity contribution >= 4 is 11.6 Å². The minimum atomic E-state index is -0.134. The molecular formula is C24H33N3O2. The molecule has 2 aromatic carbocycles. The van der Waals surface area contributed by atoms with Gasteiger partial charge in [-0.3, -0.25) is 9.69 Å². The summed E-state index contributed by atoms with van der Waals surface area (Å²) in [7, 11) is 1.69. The number of nitrogens with zero attached hydrogens (tertiary/aromatic N) is 2. The standard InChI is InChI=1S/C24H33N3O2/c1-4-9-23(20-10-6-5-7-11-20)25-24(28)19(2)26-14-16-27(17-15-26)21-12-8-13-22(18-21)29-3/h5-8,10-13,18-19,23H,4,9,14-17H2,1-3H3,(H,25,28)/t19-,23-/m1/s1. The maximum absolute atomic E-state index is 13.0. The maximum Gasteiger partial charge on any atom is 0.237 e. The molecule has 0 saturated carbocycles. The lowest BCUT2D eigenvalue weighted by molar-refractivity contribution is -0.126. The highest BCUT2D eigenvalue weighted by Gasteiger charge is 2.27. The molecule has 156 valence electrons. The van der Waals surface area contributed by atoms with Crippen LogP contribution in [0.2, 0.25) is 0 Å². The van der Waals surface area contributed by atoms with Crippen LogP contribution in [0.1, 0.15) is 38.3 Å². The van der Waals surface area contributed by atoms with Crippen LogP contribution in [0.5, 0.6) is 5.75 Å². The Morgan fingerprint density at radius 1 is 1.07 bits per heavy atom. The van der Waals surface area contributed by atoms with Crippen LogP contribution in [0.15, 0.2) is 54.6 Å². The Morgan fingerprint density at radius 3 is 2.45 bits per heavy atom. The van der Waals surface area contributed by atoms with Gasteiger partial charge in [-0.25, -0.2) is 0 Å². The SMILES string of the molecule is CCC[C@@H](NC(=O)[C@@H](C)N1CCN(c2cccc(OC)c2)CC1)c1ccccc1. The monoisotopic (exact) mass is 395 g/mol. The van der Waals surface area contributed by atoms with Crippen LogP contribution in [-0.2, 0) is 4.79 Å². The molecule has 0 unspecified atom stereocenters. The molecule has 3 rings (SSSR count). The van der Waals surface area contributed by atoms with Gasteiger partial charge in [0.15, 0.2) is 0 Å². The van der Waals surface area contributed by atoms with Crippen LogP contribution in [0, 0.1) is 0 Å². The minimum Gasteiger partial charge on any atom is -0.497 e. The molecule has 5 heteroatoms. The van der Waals surface area contributed by atoms with Crippen LogP contribution < -0.4 is 15.0 Å². The van der Waals surface area contributed by atoms with Crippen molar-refractivity contribution in [2.24, 2.45) is 0 Å². The highest BCUT2D eigenvalue weighted by atomic mass is 16.5. The van der Waals surface area contributed by atoms with Crippen molar-refractivity contribution in [3.8, 4) is 5.75 Å².